The summed E-state index contributed by atoms with van der Waals surface area (Å²) in [5.74, 6) is -0.634. The third-order valence-electron chi connectivity index (χ3n) is 5.19. The highest BCUT2D eigenvalue weighted by Gasteiger charge is 2.43. The molecule has 144 valence electrons. The van der Waals surface area contributed by atoms with Crippen molar-refractivity contribution in [1.82, 2.24) is 0 Å². The lowest BCUT2D eigenvalue weighted by molar-refractivity contribution is -0.136. The number of methoxy groups -OCH3 is 1. The predicted octanol–water partition coefficient (Wildman–Crippen LogP) is 3.35. The molecular formula is C22H21NO5. The number of benzene rings is 2. The summed E-state index contributed by atoms with van der Waals surface area (Å²) in [6.45, 7) is 4.02. The van der Waals surface area contributed by atoms with Gasteiger partial charge in [-0.25, -0.2) is 4.79 Å². The minimum atomic E-state index is -0.436. The normalized spacial score (nSPS) is 19.0. The number of carbonyl (C=O) groups is 2. The Morgan fingerprint density at radius 2 is 1.82 bits per heavy atom. The number of esters is 1. The van der Waals surface area contributed by atoms with Crippen LogP contribution in [0.15, 0.2) is 47.7 Å². The topological polar surface area (TPSA) is 76.1 Å². The summed E-state index contributed by atoms with van der Waals surface area (Å²) >= 11 is 0. The van der Waals surface area contributed by atoms with E-state index in [1.54, 1.807) is 17.0 Å². The number of rotatable bonds is 3. The van der Waals surface area contributed by atoms with Crippen LogP contribution in [0, 0.1) is 13.8 Å². The van der Waals surface area contributed by atoms with Gasteiger partial charge < -0.3 is 14.6 Å². The molecule has 2 aliphatic heterocycles. The Morgan fingerprint density at radius 3 is 2.50 bits per heavy atom. The van der Waals surface area contributed by atoms with Crippen LogP contribution in [0.25, 0.3) is 0 Å². The zero-order valence-corrected chi connectivity index (χ0v) is 16.0. The number of amides is 1. The Labute approximate surface area is 163 Å². The second kappa shape index (κ2) is 6.71. The number of phenolic OH excluding ortho intramolecular Hbond substituents is 1. The van der Waals surface area contributed by atoms with E-state index in [1.807, 2.05) is 32.0 Å². The van der Waals surface area contributed by atoms with Crippen molar-refractivity contribution in [2.24, 2.45) is 0 Å². The summed E-state index contributed by atoms with van der Waals surface area (Å²) in [6, 6.07) is 10.8. The number of hydrogen-bond acceptors (Lipinski definition) is 5. The highest BCUT2D eigenvalue weighted by molar-refractivity contribution is 6.06. The zero-order valence-electron chi connectivity index (χ0n) is 16.0. The minimum Gasteiger partial charge on any atom is -0.504 e. The molecule has 2 aromatic carbocycles. The van der Waals surface area contributed by atoms with E-state index < -0.39 is 11.9 Å². The summed E-state index contributed by atoms with van der Waals surface area (Å²) in [6.07, 6.45) is 0.134. The number of nitrogens with zero attached hydrogens (tertiary/aromatic N) is 1. The summed E-state index contributed by atoms with van der Waals surface area (Å²) in [5, 5.41) is 9.86. The van der Waals surface area contributed by atoms with E-state index in [-0.39, 0.29) is 24.7 Å². The Hall–Kier alpha value is -3.28. The molecule has 0 aliphatic carbocycles. The van der Waals surface area contributed by atoms with Crippen LogP contribution < -0.4 is 9.64 Å². The standard InChI is InChI=1S/C22H21NO5/c1-12-6-13(2)8-15(7-12)23-17-11-28-22(26)21(17)16(10-20(23)25)14-4-5-18(24)19(9-14)27-3/h4-9,16,24H,10-11H2,1-3H3. The van der Waals surface area contributed by atoms with Gasteiger partial charge in [-0.05, 0) is 54.8 Å². The average Bonchev–Trinajstić information content (AvgIpc) is 3.02. The van der Waals surface area contributed by atoms with Crippen LogP contribution in [0.1, 0.15) is 29.0 Å². The number of aromatic hydroxyl groups is 1. The van der Waals surface area contributed by atoms with Crippen LogP contribution in [-0.2, 0) is 14.3 Å². The van der Waals surface area contributed by atoms with Crippen molar-refractivity contribution < 1.29 is 24.2 Å². The molecule has 0 fully saturated rings. The molecule has 1 unspecified atom stereocenters. The van der Waals surface area contributed by atoms with E-state index in [2.05, 4.69) is 0 Å². The lowest BCUT2D eigenvalue weighted by atomic mass is 9.84. The van der Waals surface area contributed by atoms with E-state index in [4.69, 9.17) is 9.47 Å². The van der Waals surface area contributed by atoms with Crippen molar-refractivity contribution in [3.05, 3.63) is 64.4 Å². The highest BCUT2D eigenvalue weighted by Crippen LogP contribution is 2.43. The van der Waals surface area contributed by atoms with Crippen molar-refractivity contribution in [1.29, 1.82) is 0 Å². The molecule has 0 spiro atoms. The fraction of sp³-hybridized carbons (Fsp3) is 0.273. The highest BCUT2D eigenvalue weighted by atomic mass is 16.5. The monoisotopic (exact) mass is 379 g/mol. The van der Waals surface area contributed by atoms with E-state index >= 15 is 0 Å². The lowest BCUT2D eigenvalue weighted by Gasteiger charge is -2.32. The fourth-order valence-corrected chi connectivity index (χ4v) is 4.03. The second-order valence-electron chi connectivity index (χ2n) is 7.20. The summed E-state index contributed by atoms with van der Waals surface area (Å²) in [5.41, 5.74) is 4.64. The quantitative estimate of drug-likeness (QED) is 0.828. The van der Waals surface area contributed by atoms with Gasteiger partial charge in [-0.15, -0.1) is 0 Å². The van der Waals surface area contributed by atoms with Gasteiger partial charge in [0.25, 0.3) is 0 Å². The van der Waals surface area contributed by atoms with Crippen molar-refractivity contribution in [3.8, 4) is 11.5 Å². The van der Waals surface area contributed by atoms with Gasteiger partial charge in [0.2, 0.25) is 5.91 Å². The molecule has 0 bridgehead atoms. The Kier molecular flexibility index (Phi) is 4.34. The largest absolute Gasteiger partial charge is 0.504 e. The third kappa shape index (κ3) is 2.91. The molecule has 2 aliphatic rings. The van der Waals surface area contributed by atoms with Gasteiger partial charge in [0.1, 0.15) is 6.61 Å². The number of ether oxygens (including phenoxy) is 2. The predicted molar refractivity (Wildman–Crippen MR) is 103 cm³/mol. The fourth-order valence-electron chi connectivity index (χ4n) is 4.03. The maximum absolute atomic E-state index is 13.1. The Balaban J connectivity index is 1.84. The number of aryl methyl sites for hydroxylation is 2. The van der Waals surface area contributed by atoms with Crippen LogP contribution in [0.2, 0.25) is 0 Å². The number of phenols is 1. The van der Waals surface area contributed by atoms with Gasteiger partial charge >= 0.3 is 5.97 Å². The molecule has 1 amide bonds. The lowest BCUT2D eigenvalue weighted by Crippen LogP contribution is -2.37. The van der Waals surface area contributed by atoms with Crippen LogP contribution in [-0.4, -0.2) is 30.7 Å². The van der Waals surface area contributed by atoms with Crippen molar-refractivity contribution in [2.45, 2.75) is 26.2 Å². The molecule has 0 saturated carbocycles. The van der Waals surface area contributed by atoms with Crippen LogP contribution in [0.4, 0.5) is 5.69 Å². The van der Waals surface area contributed by atoms with Gasteiger partial charge in [0.05, 0.1) is 18.4 Å². The molecule has 0 radical (unpaired) electrons. The Bertz CT molecular complexity index is 1000. The number of anilines is 1. The summed E-state index contributed by atoms with van der Waals surface area (Å²) < 4.78 is 10.5. The minimum absolute atomic E-state index is 0.00782. The molecule has 2 aromatic rings. The van der Waals surface area contributed by atoms with Crippen molar-refractivity contribution >= 4 is 17.6 Å². The smallest absolute Gasteiger partial charge is 0.336 e. The molecule has 0 aromatic heterocycles. The second-order valence-corrected chi connectivity index (χ2v) is 7.20. The Morgan fingerprint density at radius 1 is 1.11 bits per heavy atom. The van der Waals surface area contributed by atoms with Gasteiger partial charge in [0.15, 0.2) is 11.5 Å². The van der Waals surface area contributed by atoms with E-state index in [9.17, 15) is 14.7 Å². The molecule has 28 heavy (non-hydrogen) atoms. The molecule has 6 nitrogen and oxygen atoms in total. The maximum atomic E-state index is 13.1. The summed E-state index contributed by atoms with van der Waals surface area (Å²) in [7, 11) is 1.46. The van der Waals surface area contributed by atoms with Gasteiger partial charge in [-0.1, -0.05) is 12.1 Å². The van der Waals surface area contributed by atoms with Crippen LogP contribution >= 0.6 is 0 Å². The van der Waals surface area contributed by atoms with Crippen LogP contribution in [0.5, 0.6) is 11.5 Å². The molecular weight excluding hydrogens is 358 g/mol. The van der Waals surface area contributed by atoms with Crippen LogP contribution in [0.3, 0.4) is 0 Å². The number of carbonyl (C=O) groups excluding carboxylic acids is 2. The zero-order chi connectivity index (χ0) is 20.0. The SMILES string of the molecule is COc1cc(C2CC(=O)N(c3cc(C)cc(C)c3)C3=C2C(=O)OC3)ccc1O. The molecule has 2 heterocycles. The summed E-state index contributed by atoms with van der Waals surface area (Å²) in [4.78, 5) is 27.3. The van der Waals surface area contributed by atoms with Crippen molar-refractivity contribution in [3.63, 3.8) is 0 Å². The first-order chi connectivity index (χ1) is 13.4. The van der Waals surface area contributed by atoms with E-state index in [1.165, 1.54) is 13.2 Å². The first kappa shape index (κ1) is 18.1. The maximum Gasteiger partial charge on any atom is 0.336 e. The number of cyclic esters (lactones) is 1. The van der Waals surface area contributed by atoms with E-state index in [0.717, 1.165) is 22.4 Å². The van der Waals surface area contributed by atoms with Crippen molar-refractivity contribution in [2.75, 3.05) is 18.6 Å². The third-order valence-corrected chi connectivity index (χ3v) is 5.19. The number of hydrogen-bond donors (Lipinski definition) is 1. The molecule has 1 N–H and O–H groups in total. The first-order valence-corrected chi connectivity index (χ1v) is 9.07. The molecule has 4 rings (SSSR count). The molecule has 0 saturated heterocycles. The molecule has 6 heteroatoms. The van der Waals surface area contributed by atoms with Gasteiger partial charge in [-0.3, -0.25) is 9.69 Å². The molecule has 1 atom stereocenters. The van der Waals surface area contributed by atoms with Gasteiger partial charge in [0, 0.05) is 18.0 Å². The average molecular weight is 379 g/mol. The van der Waals surface area contributed by atoms with E-state index in [0.29, 0.717) is 17.0 Å². The first-order valence-electron chi connectivity index (χ1n) is 9.07. The van der Waals surface area contributed by atoms with Gasteiger partial charge in [-0.2, -0.15) is 0 Å².